The summed E-state index contributed by atoms with van der Waals surface area (Å²) < 4.78 is 30.3. The Kier molecular flexibility index (Phi) is 12.6. The molecule has 0 radical (unpaired) electrons. The van der Waals surface area contributed by atoms with E-state index in [1.165, 1.54) is 4.90 Å². The van der Waals surface area contributed by atoms with Crippen molar-refractivity contribution >= 4 is 57.4 Å². The average Bonchev–Trinajstić information content (AvgIpc) is 3.74. The number of alkyl halides is 2. The van der Waals surface area contributed by atoms with Crippen LogP contribution >= 0.6 is 12.2 Å². The van der Waals surface area contributed by atoms with Crippen LogP contribution in [0.5, 0.6) is 0 Å². The Labute approximate surface area is 341 Å². The third kappa shape index (κ3) is 9.46. The van der Waals surface area contributed by atoms with E-state index in [0.29, 0.717) is 74.3 Å². The van der Waals surface area contributed by atoms with Crippen molar-refractivity contribution in [3.8, 4) is 11.1 Å². The molecule has 2 atom stereocenters. The lowest BCUT2D eigenvalue weighted by molar-refractivity contribution is -0.137. The highest BCUT2D eigenvalue weighted by Crippen LogP contribution is 2.42. The summed E-state index contributed by atoms with van der Waals surface area (Å²) in [6.07, 6.45) is 6.85. The van der Waals surface area contributed by atoms with Crippen molar-refractivity contribution in [2.75, 3.05) is 11.9 Å². The molecule has 3 aromatic carbocycles. The molecule has 6 N–H and O–H groups in total. The van der Waals surface area contributed by atoms with Gasteiger partial charge in [-0.3, -0.25) is 29.8 Å². The van der Waals surface area contributed by atoms with Gasteiger partial charge < -0.3 is 25.6 Å². The van der Waals surface area contributed by atoms with Crippen molar-refractivity contribution < 1.29 is 33.1 Å². The third-order valence-electron chi connectivity index (χ3n) is 11.7. The van der Waals surface area contributed by atoms with Gasteiger partial charge in [0, 0.05) is 72.2 Å². The first kappa shape index (κ1) is 41.1. The second-order valence-electron chi connectivity index (χ2n) is 15.8. The molecular weight excluding hydrogens is 763 g/mol. The lowest BCUT2D eigenvalue weighted by Crippen LogP contribution is -2.52. The number of aryl methyl sites for hydroxylation is 1. The number of fused-ring (bicyclic) bond motifs is 2. The predicted octanol–water partition coefficient (Wildman–Crippen LogP) is 6.88. The highest BCUT2D eigenvalue weighted by atomic mass is 32.1. The van der Waals surface area contributed by atoms with Gasteiger partial charge in [0.2, 0.25) is 23.6 Å². The number of aromatic nitrogens is 1. The summed E-state index contributed by atoms with van der Waals surface area (Å²) in [6.45, 7) is 0.918. The minimum atomic E-state index is -2.65. The number of nitrogens with one attached hydrogen (secondary N) is 3. The van der Waals surface area contributed by atoms with Crippen molar-refractivity contribution in [2.45, 2.75) is 114 Å². The predicted molar refractivity (Wildman–Crippen MR) is 222 cm³/mol. The van der Waals surface area contributed by atoms with E-state index in [-0.39, 0.29) is 43.0 Å². The number of unbranched alkanes of at least 4 members (excludes halogenated alkanes) is 3. The summed E-state index contributed by atoms with van der Waals surface area (Å²) in [6, 6.07) is 18.2. The highest BCUT2D eigenvalue weighted by molar-refractivity contribution is 7.80. The number of halogens is 2. The molecule has 306 valence electrons. The van der Waals surface area contributed by atoms with Gasteiger partial charge in [0.15, 0.2) is 0 Å². The SMILES string of the molecule is NC(=S)c1cccc(-c2cn(C3CCC(F)(F)CC3)c3cc(NC(=O)CCCCCCNC(O)CCc4cccc5c4CN(C4CCC(=O)NC4=O)C5=O)ccc23)c1. The van der Waals surface area contributed by atoms with Crippen LogP contribution in [0.3, 0.4) is 0 Å². The Morgan fingerprint density at radius 3 is 2.53 bits per heavy atom. The van der Waals surface area contributed by atoms with Gasteiger partial charge in [0.1, 0.15) is 17.3 Å². The molecule has 2 fully saturated rings. The van der Waals surface area contributed by atoms with Gasteiger partial charge in [-0.15, -0.1) is 0 Å². The second kappa shape index (κ2) is 17.8. The van der Waals surface area contributed by atoms with Crippen molar-refractivity contribution in [3.63, 3.8) is 0 Å². The number of amides is 4. The highest BCUT2D eigenvalue weighted by Gasteiger charge is 2.40. The van der Waals surface area contributed by atoms with Crippen molar-refractivity contribution in [3.05, 3.63) is 89.1 Å². The van der Waals surface area contributed by atoms with Gasteiger partial charge in [0.05, 0.1) is 5.52 Å². The van der Waals surface area contributed by atoms with Crippen LogP contribution in [-0.2, 0) is 27.3 Å². The normalized spacial score (nSPS) is 18.6. The number of benzene rings is 3. The van der Waals surface area contributed by atoms with E-state index in [1.54, 1.807) is 6.07 Å². The maximum atomic E-state index is 14.1. The Balaban J connectivity index is 0.857. The van der Waals surface area contributed by atoms with E-state index in [1.807, 2.05) is 60.8 Å². The summed E-state index contributed by atoms with van der Waals surface area (Å²) in [5.41, 5.74) is 12.4. The molecule has 58 heavy (non-hydrogen) atoms. The molecule has 1 aliphatic carbocycles. The van der Waals surface area contributed by atoms with Gasteiger partial charge in [-0.05, 0) is 92.4 Å². The number of piperidine rings is 1. The number of nitrogens with two attached hydrogens (primary N) is 1. The number of carbonyl (C=O) groups is 4. The molecule has 0 bridgehead atoms. The quantitative estimate of drug-likeness (QED) is 0.0355. The molecule has 1 aromatic heterocycles. The first-order valence-electron chi connectivity index (χ1n) is 20.3. The zero-order chi connectivity index (χ0) is 41.0. The molecule has 4 amide bonds. The molecule has 11 nitrogen and oxygen atoms in total. The molecule has 14 heteroatoms. The molecule has 3 heterocycles. The van der Waals surface area contributed by atoms with E-state index in [4.69, 9.17) is 18.0 Å². The largest absolute Gasteiger partial charge is 0.389 e. The molecule has 1 saturated carbocycles. The number of rotatable bonds is 16. The van der Waals surface area contributed by atoms with Gasteiger partial charge >= 0.3 is 0 Å². The first-order chi connectivity index (χ1) is 27.9. The van der Waals surface area contributed by atoms with Crippen LogP contribution in [0.2, 0.25) is 0 Å². The standard InChI is InChI=1S/C44H50F2N6O5S/c45-44(46)20-18-31(19-21-44)51-25-35(28-8-5-9-29(23-28)41(47)58)32-14-13-30(24-37(32)51)49-39(54)11-3-1-2-4-22-48-38(53)16-12-27-7-6-10-33-34(27)26-52(43(33)57)36-15-17-40(55)50-42(36)56/h5-10,13-14,23-25,31,36,38,48,53H,1-4,11-12,15-22,26H2,(H2,47,58)(H,49,54)(H,50,55,56). The topological polar surface area (TPSA) is 159 Å². The summed E-state index contributed by atoms with van der Waals surface area (Å²) in [7, 11) is 0. The van der Waals surface area contributed by atoms with Gasteiger partial charge in [0.25, 0.3) is 5.91 Å². The maximum absolute atomic E-state index is 14.1. The number of anilines is 1. The van der Waals surface area contributed by atoms with Crippen LogP contribution in [0.4, 0.5) is 14.5 Å². The number of hydrogen-bond acceptors (Lipinski definition) is 7. The zero-order valence-electron chi connectivity index (χ0n) is 32.4. The number of thiocarbonyl (C=S) groups is 1. The zero-order valence-corrected chi connectivity index (χ0v) is 33.2. The fourth-order valence-corrected chi connectivity index (χ4v) is 8.67. The lowest BCUT2D eigenvalue weighted by atomic mass is 9.92. The minimum Gasteiger partial charge on any atom is -0.389 e. The number of imide groups is 1. The van der Waals surface area contributed by atoms with Crippen molar-refractivity contribution in [2.24, 2.45) is 5.73 Å². The van der Waals surface area contributed by atoms with Crippen LogP contribution < -0.4 is 21.7 Å². The monoisotopic (exact) mass is 812 g/mol. The van der Waals surface area contributed by atoms with Gasteiger partial charge in [-0.25, -0.2) is 8.78 Å². The van der Waals surface area contributed by atoms with Crippen LogP contribution in [-0.4, -0.2) is 67.9 Å². The van der Waals surface area contributed by atoms with E-state index in [9.17, 15) is 33.1 Å². The number of hydrogen-bond donors (Lipinski definition) is 5. The van der Waals surface area contributed by atoms with Crippen LogP contribution in [0.15, 0.2) is 66.9 Å². The fourth-order valence-electron chi connectivity index (χ4n) is 8.54. The average molecular weight is 813 g/mol. The molecule has 4 aromatic rings. The van der Waals surface area contributed by atoms with Gasteiger partial charge in [-0.1, -0.05) is 61.5 Å². The summed E-state index contributed by atoms with van der Waals surface area (Å²) in [4.78, 5) is 52.0. The summed E-state index contributed by atoms with van der Waals surface area (Å²) in [5, 5.41) is 20.1. The molecule has 2 aliphatic heterocycles. The van der Waals surface area contributed by atoms with Crippen LogP contribution in [0.1, 0.15) is 110 Å². The molecular formula is C44H50F2N6O5S. The van der Waals surface area contributed by atoms with Crippen LogP contribution in [0.25, 0.3) is 22.0 Å². The van der Waals surface area contributed by atoms with Gasteiger partial charge in [-0.2, -0.15) is 0 Å². The Morgan fingerprint density at radius 1 is 0.983 bits per heavy atom. The summed E-state index contributed by atoms with van der Waals surface area (Å²) >= 11 is 5.20. The second-order valence-corrected chi connectivity index (χ2v) is 16.2. The maximum Gasteiger partial charge on any atom is 0.255 e. The van der Waals surface area contributed by atoms with Crippen molar-refractivity contribution in [1.29, 1.82) is 0 Å². The Hall–Kier alpha value is -5.05. The first-order valence-corrected chi connectivity index (χ1v) is 20.7. The van der Waals surface area contributed by atoms with E-state index < -0.39 is 24.1 Å². The molecule has 0 spiro atoms. The summed E-state index contributed by atoms with van der Waals surface area (Å²) in [5.74, 6) is -3.72. The Bertz CT molecular complexity index is 2220. The third-order valence-corrected chi connectivity index (χ3v) is 12.0. The van der Waals surface area contributed by atoms with Crippen LogP contribution in [0, 0.1) is 0 Å². The molecule has 3 aliphatic rings. The van der Waals surface area contributed by atoms with E-state index in [0.717, 1.165) is 58.0 Å². The number of carbonyl (C=O) groups excluding carboxylic acids is 4. The fraction of sp³-hybridized carbons (Fsp3) is 0.432. The van der Waals surface area contributed by atoms with Crippen molar-refractivity contribution in [1.82, 2.24) is 20.1 Å². The van der Waals surface area contributed by atoms with E-state index >= 15 is 0 Å². The minimum absolute atomic E-state index is 0.0902. The molecule has 1 saturated heterocycles. The molecule has 2 unspecified atom stereocenters. The number of nitrogens with zero attached hydrogens (tertiary/aromatic N) is 2. The smallest absolute Gasteiger partial charge is 0.255 e. The Morgan fingerprint density at radius 2 is 1.76 bits per heavy atom. The lowest BCUT2D eigenvalue weighted by Gasteiger charge is -2.29. The molecule has 7 rings (SSSR count). The number of aliphatic hydroxyl groups is 1. The van der Waals surface area contributed by atoms with E-state index in [2.05, 4.69) is 20.5 Å². The number of aliphatic hydroxyl groups excluding tert-OH is 1.